The summed E-state index contributed by atoms with van der Waals surface area (Å²) in [7, 11) is 0. The van der Waals surface area contributed by atoms with E-state index in [4.69, 9.17) is 14.5 Å². The minimum atomic E-state index is 0.310. The molecule has 1 atom stereocenters. The number of piperidine rings is 1. The van der Waals surface area contributed by atoms with E-state index in [1.807, 2.05) is 24.4 Å². The smallest absolute Gasteiger partial charge is 0.193 e. The fraction of sp³-hybridized carbons (Fsp3) is 0.682. The molecule has 8 heteroatoms. The molecule has 2 aliphatic rings. The number of nitrogens with one attached hydrogen (secondary N) is 1. The number of nitrogens with zero attached hydrogens (tertiary/aromatic N) is 5. The SMILES string of the molecule is CCNC(=NCCCc1nnc2ccccn12)N1CCC(OCC2CCCO2)CC1. The molecular weight excluding hydrogens is 380 g/mol. The summed E-state index contributed by atoms with van der Waals surface area (Å²) in [5.74, 6) is 2.01. The van der Waals surface area contributed by atoms with Crippen LogP contribution in [0.3, 0.4) is 0 Å². The van der Waals surface area contributed by atoms with E-state index < -0.39 is 0 Å². The van der Waals surface area contributed by atoms with Crippen LogP contribution in [0.2, 0.25) is 0 Å². The van der Waals surface area contributed by atoms with Crippen LogP contribution >= 0.6 is 0 Å². The quantitative estimate of drug-likeness (QED) is 0.406. The molecule has 0 aromatic carbocycles. The first kappa shape index (κ1) is 21.1. The third-order valence-corrected chi connectivity index (χ3v) is 5.82. The standard InChI is InChI=1S/C22H34N6O2/c1-2-23-22(24-12-5-9-21-26-25-20-8-3-4-13-28(20)21)27-14-10-18(11-15-27)30-17-19-7-6-16-29-19/h3-4,8,13,18-19H,2,5-7,9-12,14-17H2,1H3,(H,23,24). The van der Waals surface area contributed by atoms with Gasteiger partial charge >= 0.3 is 0 Å². The van der Waals surface area contributed by atoms with Gasteiger partial charge in [-0.25, -0.2) is 0 Å². The molecule has 0 radical (unpaired) electrons. The highest BCUT2D eigenvalue weighted by atomic mass is 16.5. The molecule has 0 spiro atoms. The van der Waals surface area contributed by atoms with Crippen LogP contribution in [0.1, 0.15) is 44.9 Å². The maximum Gasteiger partial charge on any atom is 0.193 e. The zero-order valence-corrected chi connectivity index (χ0v) is 18.0. The highest BCUT2D eigenvalue weighted by Gasteiger charge is 2.24. The summed E-state index contributed by atoms with van der Waals surface area (Å²) in [6.07, 6.45) is 8.88. The van der Waals surface area contributed by atoms with Crippen LogP contribution in [-0.4, -0.2) is 77.1 Å². The van der Waals surface area contributed by atoms with E-state index in [0.29, 0.717) is 12.2 Å². The Hall–Kier alpha value is -2.19. The molecule has 1 unspecified atom stereocenters. The first-order valence-corrected chi connectivity index (χ1v) is 11.4. The van der Waals surface area contributed by atoms with Gasteiger partial charge in [0.05, 0.1) is 18.8 Å². The maximum absolute atomic E-state index is 6.10. The number of ether oxygens (including phenoxy) is 2. The second-order valence-corrected chi connectivity index (χ2v) is 8.04. The van der Waals surface area contributed by atoms with E-state index in [2.05, 4.69) is 31.7 Å². The first-order valence-electron chi connectivity index (χ1n) is 11.4. The van der Waals surface area contributed by atoms with Crippen molar-refractivity contribution >= 4 is 11.6 Å². The largest absolute Gasteiger partial charge is 0.376 e. The number of likely N-dealkylation sites (tertiary alicyclic amines) is 1. The van der Waals surface area contributed by atoms with Gasteiger partial charge in [0.25, 0.3) is 0 Å². The molecular formula is C22H34N6O2. The zero-order valence-electron chi connectivity index (χ0n) is 18.0. The normalized spacial score (nSPS) is 20.9. The van der Waals surface area contributed by atoms with Crippen molar-refractivity contribution in [1.82, 2.24) is 24.8 Å². The van der Waals surface area contributed by atoms with Crippen molar-refractivity contribution in [3.8, 4) is 0 Å². The van der Waals surface area contributed by atoms with Gasteiger partial charge in [0, 0.05) is 45.4 Å². The van der Waals surface area contributed by atoms with Crippen molar-refractivity contribution < 1.29 is 9.47 Å². The fourth-order valence-electron chi connectivity index (χ4n) is 4.16. The van der Waals surface area contributed by atoms with E-state index >= 15 is 0 Å². The molecule has 0 amide bonds. The second-order valence-electron chi connectivity index (χ2n) is 8.04. The number of aryl methyl sites for hydroxylation is 1. The Kier molecular flexibility index (Phi) is 7.53. The third kappa shape index (κ3) is 5.49. The predicted molar refractivity (Wildman–Crippen MR) is 117 cm³/mol. The molecule has 2 fully saturated rings. The van der Waals surface area contributed by atoms with Crippen LogP contribution in [0.15, 0.2) is 29.4 Å². The van der Waals surface area contributed by atoms with Crippen molar-refractivity contribution in [2.75, 3.05) is 39.4 Å². The molecule has 0 bridgehead atoms. The summed E-state index contributed by atoms with van der Waals surface area (Å²) in [5, 5.41) is 12.0. The Bertz CT molecular complexity index is 809. The van der Waals surface area contributed by atoms with Crippen molar-refractivity contribution in [3.05, 3.63) is 30.2 Å². The van der Waals surface area contributed by atoms with Gasteiger partial charge in [-0.15, -0.1) is 10.2 Å². The average Bonchev–Trinajstić information content (AvgIpc) is 3.45. The number of aromatic nitrogens is 3. The van der Waals surface area contributed by atoms with Crippen molar-refractivity contribution in [3.63, 3.8) is 0 Å². The van der Waals surface area contributed by atoms with Gasteiger partial charge in [-0.3, -0.25) is 9.39 Å². The Labute approximate surface area is 178 Å². The van der Waals surface area contributed by atoms with Gasteiger partial charge in [-0.1, -0.05) is 6.07 Å². The Morgan fingerprint density at radius 3 is 2.97 bits per heavy atom. The highest BCUT2D eigenvalue weighted by Crippen LogP contribution is 2.18. The van der Waals surface area contributed by atoms with Gasteiger partial charge in [-0.2, -0.15) is 0 Å². The molecule has 4 rings (SSSR count). The number of pyridine rings is 1. The number of hydrogen-bond acceptors (Lipinski definition) is 5. The minimum absolute atomic E-state index is 0.310. The molecule has 2 aromatic heterocycles. The van der Waals surface area contributed by atoms with Gasteiger partial charge in [0.2, 0.25) is 0 Å². The Morgan fingerprint density at radius 2 is 2.17 bits per heavy atom. The molecule has 164 valence electrons. The lowest BCUT2D eigenvalue weighted by atomic mass is 10.1. The van der Waals surface area contributed by atoms with Crippen LogP contribution in [0.5, 0.6) is 0 Å². The van der Waals surface area contributed by atoms with E-state index in [0.717, 1.165) is 88.9 Å². The third-order valence-electron chi connectivity index (χ3n) is 5.82. The lowest BCUT2D eigenvalue weighted by molar-refractivity contribution is -0.0367. The Balaban J connectivity index is 1.22. The highest BCUT2D eigenvalue weighted by molar-refractivity contribution is 5.80. The van der Waals surface area contributed by atoms with Gasteiger partial charge in [0.1, 0.15) is 5.82 Å². The number of hydrogen-bond donors (Lipinski definition) is 1. The first-order chi connectivity index (χ1) is 14.8. The van der Waals surface area contributed by atoms with E-state index in [1.54, 1.807) is 0 Å². The molecule has 8 nitrogen and oxygen atoms in total. The fourth-order valence-corrected chi connectivity index (χ4v) is 4.16. The maximum atomic E-state index is 6.10. The lowest BCUT2D eigenvalue weighted by Gasteiger charge is -2.34. The summed E-state index contributed by atoms with van der Waals surface area (Å²) < 4.78 is 13.8. The van der Waals surface area contributed by atoms with E-state index in [9.17, 15) is 0 Å². The molecule has 2 aromatic rings. The summed E-state index contributed by atoms with van der Waals surface area (Å²) in [5.41, 5.74) is 0.897. The number of rotatable bonds is 8. The molecule has 2 saturated heterocycles. The van der Waals surface area contributed by atoms with Gasteiger partial charge < -0.3 is 19.7 Å². The van der Waals surface area contributed by atoms with E-state index in [1.165, 1.54) is 6.42 Å². The van der Waals surface area contributed by atoms with Crippen LogP contribution in [0.4, 0.5) is 0 Å². The lowest BCUT2D eigenvalue weighted by Crippen LogP contribution is -2.47. The minimum Gasteiger partial charge on any atom is -0.376 e. The predicted octanol–water partition coefficient (Wildman–Crippen LogP) is 2.29. The monoisotopic (exact) mass is 414 g/mol. The Morgan fingerprint density at radius 1 is 1.27 bits per heavy atom. The summed E-state index contributed by atoms with van der Waals surface area (Å²) in [6.45, 7) is 7.38. The average molecular weight is 415 g/mol. The van der Waals surface area contributed by atoms with Crippen LogP contribution in [0, 0.1) is 0 Å². The van der Waals surface area contributed by atoms with Crippen molar-refractivity contribution in [2.45, 2.75) is 57.7 Å². The molecule has 0 saturated carbocycles. The van der Waals surface area contributed by atoms with Crippen molar-refractivity contribution in [1.29, 1.82) is 0 Å². The zero-order chi connectivity index (χ0) is 20.6. The van der Waals surface area contributed by atoms with Crippen LogP contribution in [-0.2, 0) is 15.9 Å². The molecule has 4 heterocycles. The van der Waals surface area contributed by atoms with E-state index in [-0.39, 0.29) is 0 Å². The van der Waals surface area contributed by atoms with Gasteiger partial charge in [0.15, 0.2) is 11.6 Å². The van der Waals surface area contributed by atoms with Gasteiger partial charge in [-0.05, 0) is 51.2 Å². The van der Waals surface area contributed by atoms with Crippen LogP contribution in [0.25, 0.3) is 5.65 Å². The second kappa shape index (κ2) is 10.7. The number of aliphatic imine (C=N–C) groups is 1. The summed E-state index contributed by atoms with van der Waals surface area (Å²) in [6, 6.07) is 5.97. The summed E-state index contributed by atoms with van der Waals surface area (Å²) >= 11 is 0. The van der Waals surface area contributed by atoms with Crippen LogP contribution < -0.4 is 5.32 Å². The number of fused-ring (bicyclic) bond motifs is 1. The molecule has 2 aliphatic heterocycles. The molecule has 1 N–H and O–H groups in total. The topological polar surface area (TPSA) is 76.3 Å². The number of guanidine groups is 1. The van der Waals surface area contributed by atoms with Crippen molar-refractivity contribution in [2.24, 2.45) is 4.99 Å². The molecule has 30 heavy (non-hydrogen) atoms. The molecule has 0 aliphatic carbocycles. The summed E-state index contributed by atoms with van der Waals surface area (Å²) in [4.78, 5) is 7.23.